The maximum atomic E-state index is 11.7. The van der Waals surface area contributed by atoms with Crippen LogP contribution in [0.2, 0.25) is 0 Å². The molecule has 0 unspecified atom stereocenters. The Labute approximate surface area is 85.5 Å². The summed E-state index contributed by atoms with van der Waals surface area (Å²) in [5, 5.41) is 0. The minimum absolute atomic E-state index is 0.0176. The summed E-state index contributed by atoms with van der Waals surface area (Å²) in [6.07, 6.45) is 3.96. The van der Waals surface area contributed by atoms with E-state index in [1.165, 1.54) is 4.90 Å². The second-order valence-electron chi connectivity index (χ2n) is 4.11. The van der Waals surface area contributed by atoms with Gasteiger partial charge in [-0.15, -0.1) is 0 Å². The van der Waals surface area contributed by atoms with Crippen LogP contribution in [-0.4, -0.2) is 23.3 Å². The molecule has 1 saturated heterocycles. The zero-order valence-corrected chi connectivity index (χ0v) is 9.08. The molecule has 1 fully saturated rings. The van der Waals surface area contributed by atoms with Gasteiger partial charge in [0.15, 0.2) is 0 Å². The molecule has 0 N–H and O–H groups in total. The summed E-state index contributed by atoms with van der Waals surface area (Å²) in [6, 6.07) is 0. The quantitative estimate of drug-likeness (QED) is 0.693. The topological polar surface area (TPSA) is 37.4 Å². The molecule has 2 amide bonds. The highest BCUT2D eigenvalue weighted by molar-refractivity contribution is 5.95. The molecule has 0 bridgehead atoms. The number of amides is 2. The summed E-state index contributed by atoms with van der Waals surface area (Å²) in [4.78, 5) is 24.5. The molecule has 0 aliphatic carbocycles. The van der Waals surface area contributed by atoms with E-state index >= 15 is 0 Å². The van der Waals surface area contributed by atoms with Crippen LogP contribution in [0.4, 0.5) is 0 Å². The van der Waals surface area contributed by atoms with Crippen LogP contribution in [0.25, 0.3) is 0 Å². The van der Waals surface area contributed by atoms with Crippen molar-refractivity contribution < 1.29 is 9.59 Å². The van der Waals surface area contributed by atoms with Crippen LogP contribution < -0.4 is 0 Å². The maximum Gasteiger partial charge on any atom is 0.229 e. The third-order valence-electron chi connectivity index (χ3n) is 2.84. The number of hydrogen-bond donors (Lipinski definition) is 0. The van der Waals surface area contributed by atoms with Gasteiger partial charge in [0.05, 0.1) is 0 Å². The van der Waals surface area contributed by atoms with Gasteiger partial charge in [0.2, 0.25) is 11.8 Å². The van der Waals surface area contributed by atoms with Gasteiger partial charge in [-0.3, -0.25) is 14.5 Å². The molecule has 14 heavy (non-hydrogen) atoms. The van der Waals surface area contributed by atoms with Crippen molar-refractivity contribution in [3.05, 3.63) is 0 Å². The average molecular weight is 197 g/mol. The molecule has 1 aliphatic heterocycles. The number of piperidine rings is 1. The first kappa shape index (κ1) is 11.2. The van der Waals surface area contributed by atoms with Crippen molar-refractivity contribution in [1.29, 1.82) is 0 Å². The molecule has 1 aliphatic rings. The van der Waals surface area contributed by atoms with Gasteiger partial charge in [-0.25, -0.2) is 0 Å². The van der Waals surface area contributed by atoms with E-state index in [0.29, 0.717) is 25.3 Å². The molecule has 80 valence electrons. The monoisotopic (exact) mass is 197 g/mol. The third-order valence-corrected chi connectivity index (χ3v) is 2.84. The highest BCUT2D eigenvalue weighted by Crippen LogP contribution is 2.15. The van der Waals surface area contributed by atoms with Crippen LogP contribution in [-0.2, 0) is 9.59 Å². The van der Waals surface area contributed by atoms with Crippen LogP contribution in [0.5, 0.6) is 0 Å². The van der Waals surface area contributed by atoms with Gasteiger partial charge in [0.1, 0.15) is 0 Å². The molecular formula is C11H19NO2. The van der Waals surface area contributed by atoms with Gasteiger partial charge in [-0.1, -0.05) is 20.3 Å². The molecule has 0 radical (unpaired) electrons. The Kier molecular flexibility index (Phi) is 4.11. The molecule has 0 saturated carbocycles. The zero-order valence-electron chi connectivity index (χ0n) is 9.08. The van der Waals surface area contributed by atoms with E-state index in [9.17, 15) is 9.59 Å². The first-order chi connectivity index (χ1) is 6.65. The Morgan fingerprint density at radius 2 is 2.21 bits per heavy atom. The molecular weight excluding hydrogens is 178 g/mol. The standard InChI is InChI=1S/C11H19NO2/c1-3-9(2)8-11(14)12-7-5-4-6-10(12)13/h9H,3-8H2,1-2H3/t9-/m1/s1. The van der Waals surface area contributed by atoms with Crippen molar-refractivity contribution >= 4 is 11.8 Å². The SMILES string of the molecule is CC[C@@H](C)CC(=O)N1CCCCC1=O. The van der Waals surface area contributed by atoms with Crippen molar-refractivity contribution in [1.82, 2.24) is 4.90 Å². The number of carbonyl (C=O) groups excluding carboxylic acids is 2. The Balaban J connectivity index is 2.46. The predicted molar refractivity (Wildman–Crippen MR) is 54.6 cm³/mol. The largest absolute Gasteiger partial charge is 0.283 e. The summed E-state index contributed by atoms with van der Waals surface area (Å²) in [5.74, 6) is 0.422. The number of carbonyl (C=O) groups is 2. The van der Waals surface area contributed by atoms with E-state index in [1.807, 2.05) is 6.92 Å². The van der Waals surface area contributed by atoms with Crippen molar-refractivity contribution in [2.24, 2.45) is 5.92 Å². The molecule has 0 aromatic carbocycles. The predicted octanol–water partition coefficient (Wildman–Crippen LogP) is 1.96. The second-order valence-corrected chi connectivity index (χ2v) is 4.11. The fourth-order valence-electron chi connectivity index (χ4n) is 1.62. The lowest BCUT2D eigenvalue weighted by atomic mass is 10.0. The fourth-order valence-corrected chi connectivity index (χ4v) is 1.62. The van der Waals surface area contributed by atoms with Gasteiger partial charge in [-0.2, -0.15) is 0 Å². The maximum absolute atomic E-state index is 11.7. The van der Waals surface area contributed by atoms with Crippen LogP contribution in [0.3, 0.4) is 0 Å². The Morgan fingerprint density at radius 1 is 1.50 bits per heavy atom. The van der Waals surface area contributed by atoms with Gasteiger partial charge in [0, 0.05) is 19.4 Å². The van der Waals surface area contributed by atoms with Crippen LogP contribution in [0.1, 0.15) is 46.0 Å². The van der Waals surface area contributed by atoms with E-state index in [4.69, 9.17) is 0 Å². The summed E-state index contributed by atoms with van der Waals surface area (Å²) < 4.78 is 0. The normalized spacial score (nSPS) is 19.6. The third kappa shape index (κ3) is 2.82. The smallest absolute Gasteiger partial charge is 0.229 e. The zero-order chi connectivity index (χ0) is 10.6. The van der Waals surface area contributed by atoms with Crippen LogP contribution in [0, 0.1) is 5.92 Å². The Hall–Kier alpha value is -0.860. The highest BCUT2D eigenvalue weighted by Gasteiger charge is 2.24. The highest BCUT2D eigenvalue weighted by atomic mass is 16.2. The first-order valence-electron chi connectivity index (χ1n) is 5.48. The Bertz CT molecular complexity index is 225. The minimum Gasteiger partial charge on any atom is -0.283 e. The molecule has 3 nitrogen and oxygen atoms in total. The molecule has 1 heterocycles. The van der Waals surface area contributed by atoms with Crippen LogP contribution in [0.15, 0.2) is 0 Å². The number of likely N-dealkylation sites (tertiary alicyclic amines) is 1. The minimum atomic E-state index is 0.0176. The van der Waals surface area contributed by atoms with Crippen molar-refractivity contribution in [3.8, 4) is 0 Å². The van der Waals surface area contributed by atoms with Gasteiger partial charge in [-0.05, 0) is 18.8 Å². The Morgan fingerprint density at radius 3 is 2.79 bits per heavy atom. The number of imide groups is 1. The van der Waals surface area contributed by atoms with Gasteiger partial charge < -0.3 is 0 Å². The molecule has 0 aromatic heterocycles. The number of hydrogen-bond acceptors (Lipinski definition) is 2. The second kappa shape index (κ2) is 5.13. The van der Waals surface area contributed by atoms with Gasteiger partial charge in [0.25, 0.3) is 0 Å². The lowest BCUT2D eigenvalue weighted by Crippen LogP contribution is -2.40. The lowest BCUT2D eigenvalue weighted by molar-refractivity contribution is -0.147. The fraction of sp³-hybridized carbons (Fsp3) is 0.818. The van der Waals surface area contributed by atoms with E-state index in [1.54, 1.807) is 0 Å². The summed E-state index contributed by atoms with van der Waals surface area (Å²) in [7, 11) is 0. The molecule has 3 heteroatoms. The molecule has 1 atom stereocenters. The molecule has 0 spiro atoms. The number of rotatable bonds is 3. The van der Waals surface area contributed by atoms with E-state index < -0.39 is 0 Å². The first-order valence-corrected chi connectivity index (χ1v) is 5.48. The van der Waals surface area contributed by atoms with Crippen molar-refractivity contribution in [2.75, 3.05) is 6.54 Å². The van der Waals surface area contributed by atoms with Crippen LogP contribution >= 0.6 is 0 Å². The summed E-state index contributed by atoms with van der Waals surface area (Å²) in [6.45, 7) is 4.75. The van der Waals surface area contributed by atoms with Crippen molar-refractivity contribution in [3.63, 3.8) is 0 Å². The van der Waals surface area contributed by atoms with Crippen molar-refractivity contribution in [2.45, 2.75) is 46.0 Å². The summed E-state index contributed by atoms with van der Waals surface area (Å²) in [5.41, 5.74) is 0. The summed E-state index contributed by atoms with van der Waals surface area (Å²) >= 11 is 0. The average Bonchev–Trinajstić information content (AvgIpc) is 2.18. The van der Waals surface area contributed by atoms with E-state index in [-0.39, 0.29) is 11.8 Å². The van der Waals surface area contributed by atoms with Gasteiger partial charge >= 0.3 is 0 Å². The lowest BCUT2D eigenvalue weighted by Gasteiger charge is -2.25. The van der Waals surface area contributed by atoms with E-state index in [2.05, 4.69) is 6.92 Å². The van der Waals surface area contributed by atoms with E-state index in [0.717, 1.165) is 19.3 Å². The molecule has 0 aromatic rings. The molecule has 1 rings (SSSR count). The number of nitrogens with zero attached hydrogens (tertiary/aromatic N) is 1.